The number of rotatable bonds is 3. The van der Waals surface area contributed by atoms with Gasteiger partial charge in [0.15, 0.2) is 0 Å². The van der Waals surface area contributed by atoms with Crippen molar-refractivity contribution in [3.63, 3.8) is 0 Å². The van der Waals surface area contributed by atoms with Crippen LogP contribution in [0.5, 0.6) is 0 Å². The highest BCUT2D eigenvalue weighted by Gasteiger charge is 2.40. The van der Waals surface area contributed by atoms with E-state index >= 15 is 0 Å². The van der Waals surface area contributed by atoms with Crippen molar-refractivity contribution in [3.05, 3.63) is 63.5 Å². The standard InChI is InChI=1S/C19H12BrN3O4S/c20-10-6-7-13-12(8-10)15(16-17(25)22-19(27)28-16)18(26)23(13)9-14(24)21-11-4-2-1-3-5-11/h1-8H,9H2,(H,21,24)(H,22,25,27)/b16-15+. The minimum absolute atomic E-state index is 0.0420. The van der Waals surface area contributed by atoms with Crippen molar-refractivity contribution in [2.75, 3.05) is 16.8 Å². The number of benzene rings is 2. The van der Waals surface area contributed by atoms with Gasteiger partial charge >= 0.3 is 0 Å². The van der Waals surface area contributed by atoms with Crippen LogP contribution in [-0.4, -0.2) is 29.5 Å². The van der Waals surface area contributed by atoms with Gasteiger partial charge in [0, 0.05) is 15.7 Å². The number of nitrogens with zero attached hydrogens (tertiary/aromatic N) is 1. The zero-order valence-electron chi connectivity index (χ0n) is 14.2. The van der Waals surface area contributed by atoms with Crippen LogP contribution in [0.2, 0.25) is 0 Å². The maximum Gasteiger partial charge on any atom is 0.290 e. The molecule has 0 saturated carbocycles. The van der Waals surface area contributed by atoms with Crippen LogP contribution in [0.25, 0.3) is 5.57 Å². The Morgan fingerprint density at radius 1 is 1.11 bits per heavy atom. The number of halogens is 1. The molecule has 4 amide bonds. The van der Waals surface area contributed by atoms with Gasteiger partial charge in [-0.15, -0.1) is 0 Å². The summed E-state index contributed by atoms with van der Waals surface area (Å²) in [5.74, 6) is -1.48. The molecular weight excluding hydrogens is 446 g/mol. The third-order valence-electron chi connectivity index (χ3n) is 4.18. The van der Waals surface area contributed by atoms with Crippen LogP contribution < -0.4 is 15.5 Å². The normalized spacial score (nSPS) is 18.3. The molecule has 2 heterocycles. The summed E-state index contributed by atoms with van der Waals surface area (Å²) in [6, 6.07) is 14.0. The molecule has 0 bridgehead atoms. The zero-order chi connectivity index (χ0) is 19.8. The molecule has 1 fully saturated rings. The van der Waals surface area contributed by atoms with Crippen molar-refractivity contribution in [1.82, 2.24) is 5.32 Å². The zero-order valence-corrected chi connectivity index (χ0v) is 16.6. The molecule has 0 spiro atoms. The van der Waals surface area contributed by atoms with Crippen LogP contribution in [-0.2, 0) is 14.4 Å². The summed E-state index contributed by atoms with van der Waals surface area (Å²) in [6.45, 7) is -0.223. The van der Waals surface area contributed by atoms with Gasteiger partial charge in [-0.25, -0.2) is 0 Å². The van der Waals surface area contributed by atoms with Gasteiger partial charge in [0.2, 0.25) is 5.91 Å². The maximum atomic E-state index is 13.1. The Bertz CT molecular complexity index is 1070. The highest BCUT2D eigenvalue weighted by Crippen LogP contribution is 2.43. The van der Waals surface area contributed by atoms with Crippen LogP contribution >= 0.6 is 27.7 Å². The van der Waals surface area contributed by atoms with Crippen LogP contribution in [0, 0.1) is 0 Å². The predicted molar refractivity (Wildman–Crippen MR) is 110 cm³/mol. The average Bonchev–Trinajstić information content (AvgIpc) is 3.11. The molecule has 2 aliphatic rings. The predicted octanol–water partition coefficient (Wildman–Crippen LogP) is 3.13. The average molecular weight is 458 g/mol. The lowest BCUT2D eigenvalue weighted by atomic mass is 10.1. The van der Waals surface area contributed by atoms with E-state index in [0.29, 0.717) is 33.2 Å². The number of hydrogen-bond acceptors (Lipinski definition) is 5. The van der Waals surface area contributed by atoms with E-state index in [4.69, 9.17) is 0 Å². The van der Waals surface area contributed by atoms with E-state index in [9.17, 15) is 19.2 Å². The molecule has 0 aromatic heterocycles. The molecule has 140 valence electrons. The fourth-order valence-corrected chi connectivity index (χ4v) is 4.16. The number of hydrogen-bond donors (Lipinski definition) is 2. The van der Waals surface area contributed by atoms with E-state index < -0.39 is 17.1 Å². The van der Waals surface area contributed by atoms with Crippen molar-refractivity contribution < 1.29 is 19.2 Å². The number of carbonyl (C=O) groups excluding carboxylic acids is 4. The van der Waals surface area contributed by atoms with E-state index in [1.165, 1.54) is 4.90 Å². The van der Waals surface area contributed by atoms with E-state index in [1.54, 1.807) is 42.5 Å². The quantitative estimate of drug-likeness (QED) is 0.690. The fraction of sp³-hybridized carbons (Fsp3) is 0.0526. The lowest BCUT2D eigenvalue weighted by Gasteiger charge is -2.16. The molecule has 2 N–H and O–H groups in total. The second-order valence-electron chi connectivity index (χ2n) is 6.01. The number of amides is 4. The molecule has 0 aliphatic carbocycles. The monoisotopic (exact) mass is 457 g/mol. The lowest BCUT2D eigenvalue weighted by Crippen LogP contribution is -2.35. The maximum absolute atomic E-state index is 13.1. The van der Waals surface area contributed by atoms with Crippen LogP contribution in [0.4, 0.5) is 16.2 Å². The number of carbonyl (C=O) groups is 4. The minimum Gasteiger partial charge on any atom is -0.325 e. The Labute approximate surface area is 172 Å². The molecule has 2 aromatic rings. The van der Waals surface area contributed by atoms with Crippen LogP contribution in [0.3, 0.4) is 0 Å². The molecule has 2 aliphatic heterocycles. The van der Waals surface area contributed by atoms with Gasteiger partial charge in [-0.2, -0.15) is 0 Å². The molecule has 9 heteroatoms. The first-order valence-corrected chi connectivity index (χ1v) is 9.79. The topological polar surface area (TPSA) is 95.6 Å². The second-order valence-corrected chi connectivity index (χ2v) is 7.91. The van der Waals surface area contributed by atoms with Crippen molar-refractivity contribution in [2.45, 2.75) is 0 Å². The Morgan fingerprint density at radius 3 is 2.54 bits per heavy atom. The van der Waals surface area contributed by atoms with Crippen LogP contribution in [0.15, 0.2) is 57.9 Å². The van der Waals surface area contributed by atoms with Gasteiger partial charge in [0.1, 0.15) is 6.54 Å². The highest BCUT2D eigenvalue weighted by atomic mass is 79.9. The third-order valence-corrected chi connectivity index (χ3v) is 5.56. The molecule has 1 saturated heterocycles. The Kier molecular flexibility index (Phi) is 4.78. The first-order chi connectivity index (χ1) is 13.4. The van der Waals surface area contributed by atoms with Crippen LogP contribution in [0.1, 0.15) is 5.56 Å². The number of imide groups is 1. The minimum atomic E-state index is -0.611. The van der Waals surface area contributed by atoms with E-state index in [-0.39, 0.29) is 22.9 Å². The first-order valence-electron chi connectivity index (χ1n) is 8.18. The first kappa shape index (κ1) is 18.5. The summed E-state index contributed by atoms with van der Waals surface area (Å²) < 4.78 is 0.711. The van der Waals surface area contributed by atoms with E-state index in [1.807, 2.05) is 6.07 Å². The Balaban J connectivity index is 1.69. The Morgan fingerprint density at radius 2 is 1.86 bits per heavy atom. The summed E-state index contributed by atoms with van der Waals surface area (Å²) in [6.07, 6.45) is 0. The SMILES string of the molecule is O=C(CN1C(=O)/C(=C2/SC(=O)NC2=O)c2cc(Br)ccc21)Nc1ccccc1. The molecular formula is C19H12BrN3O4S. The number of fused-ring (bicyclic) bond motifs is 1. The summed E-state index contributed by atoms with van der Waals surface area (Å²) in [5, 5.41) is 4.37. The summed E-state index contributed by atoms with van der Waals surface area (Å²) in [5.41, 5.74) is 1.74. The van der Waals surface area contributed by atoms with Gasteiger partial charge < -0.3 is 5.32 Å². The van der Waals surface area contributed by atoms with Gasteiger partial charge in [0.05, 0.1) is 16.2 Å². The van der Waals surface area contributed by atoms with Crippen molar-refractivity contribution >= 4 is 67.6 Å². The van der Waals surface area contributed by atoms with E-state index in [2.05, 4.69) is 26.6 Å². The number of anilines is 2. The molecule has 4 rings (SSSR count). The molecule has 28 heavy (non-hydrogen) atoms. The Hall–Kier alpha value is -2.91. The number of thioether (sulfide) groups is 1. The largest absolute Gasteiger partial charge is 0.325 e. The van der Waals surface area contributed by atoms with Gasteiger partial charge in [-0.3, -0.25) is 29.4 Å². The molecule has 0 radical (unpaired) electrons. The summed E-state index contributed by atoms with van der Waals surface area (Å²) in [4.78, 5) is 50.6. The highest BCUT2D eigenvalue weighted by molar-refractivity contribution is 9.10. The molecule has 7 nitrogen and oxygen atoms in total. The van der Waals surface area contributed by atoms with Gasteiger partial charge in [-0.05, 0) is 42.1 Å². The molecule has 0 atom stereocenters. The van der Waals surface area contributed by atoms with Crippen molar-refractivity contribution in [3.8, 4) is 0 Å². The van der Waals surface area contributed by atoms with Gasteiger partial charge in [0.25, 0.3) is 17.1 Å². The van der Waals surface area contributed by atoms with E-state index in [0.717, 1.165) is 0 Å². The van der Waals surface area contributed by atoms with Crippen molar-refractivity contribution in [1.29, 1.82) is 0 Å². The summed E-state index contributed by atoms with van der Waals surface area (Å²) in [7, 11) is 0. The number of nitrogens with one attached hydrogen (secondary N) is 2. The fourth-order valence-electron chi connectivity index (χ4n) is 3.02. The second kappa shape index (κ2) is 7.25. The van der Waals surface area contributed by atoms with Crippen molar-refractivity contribution in [2.24, 2.45) is 0 Å². The lowest BCUT2D eigenvalue weighted by molar-refractivity contribution is -0.118. The molecule has 0 unspecified atom stereocenters. The molecule has 2 aromatic carbocycles. The third kappa shape index (κ3) is 3.34. The number of para-hydroxylation sites is 1. The van der Waals surface area contributed by atoms with Gasteiger partial charge in [-0.1, -0.05) is 34.1 Å². The smallest absolute Gasteiger partial charge is 0.290 e. The summed E-state index contributed by atoms with van der Waals surface area (Å²) >= 11 is 4.04.